The summed E-state index contributed by atoms with van der Waals surface area (Å²) < 4.78 is 0. The van der Waals surface area contributed by atoms with E-state index < -0.39 is 5.41 Å². The number of hydrogen-bond acceptors (Lipinski definition) is 5. The molecule has 0 bridgehead atoms. The Bertz CT molecular complexity index is 1100. The van der Waals surface area contributed by atoms with E-state index in [1.807, 2.05) is 37.8 Å². The second kappa shape index (κ2) is 7.55. The summed E-state index contributed by atoms with van der Waals surface area (Å²) in [6.07, 6.45) is 3.43. The summed E-state index contributed by atoms with van der Waals surface area (Å²) in [4.78, 5) is 40.8. The Morgan fingerprint density at radius 3 is 2.50 bits per heavy atom. The molecule has 7 heteroatoms. The van der Waals surface area contributed by atoms with Gasteiger partial charge in [-0.2, -0.15) is 0 Å². The summed E-state index contributed by atoms with van der Waals surface area (Å²) in [6.45, 7) is 10.4. The summed E-state index contributed by atoms with van der Waals surface area (Å²) >= 11 is 0. The lowest BCUT2D eigenvalue weighted by Crippen LogP contribution is -2.48. The Hall–Kier alpha value is -3.22. The van der Waals surface area contributed by atoms with Gasteiger partial charge in [-0.25, -0.2) is 9.97 Å². The molecule has 0 aliphatic carbocycles. The zero-order chi connectivity index (χ0) is 21.5. The minimum atomic E-state index is -0.491. The molecule has 0 atom stereocenters. The number of carbonyl (C=O) groups excluding carboxylic acids is 2. The van der Waals surface area contributed by atoms with Crippen molar-refractivity contribution < 1.29 is 9.59 Å². The zero-order valence-electron chi connectivity index (χ0n) is 17.9. The smallest absolute Gasteiger partial charge is 0.219 e. The molecule has 7 nitrogen and oxygen atoms in total. The highest BCUT2D eigenvalue weighted by Crippen LogP contribution is 2.28. The molecule has 1 saturated heterocycles. The van der Waals surface area contributed by atoms with Crippen molar-refractivity contribution in [2.45, 2.75) is 27.7 Å². The predicted molar refractivity (Wildman–Crippen MR) is 118 cm³/mol. The lowest BCUT2D eigenvalue weighted by Gasteiger charge is -2.35. The normalized spacial score (nSPS) is 14.9. The molecule has 3 heterocycles. The number of ketones is 1. The molecule has 0 radical (unpaired) electrons. The minimum absolute atomic E-state index is 0.0392. The van der Waals surface area contributed by atoms with Crippen molar-refractivity contribution in [1.82, 2.24) is 19.9 Å². The van der Waals surface area contributed by atoms with E-state index in [4.69, 9.17) is 4.98 Å². The highest BCUT2D eigenvalue weighted by molar-refractivity contribution is 6.08. The number of anilines is 1. The van der Waals surface area contributed by atoms with Crippen LogP contribution in [0.2, 0.25) is 0 Å². The van der Waals surface area contributed by atoms with Gasteiger partial charge in [0.25, 0.3) is 0 Å². The quantitative estimate of drug-likeness (QED) is 0.674. The van der Waals surface area contributed by atoms with E-state index in [1.54, 1.807) is 19.3 Å². The van der Waals surface area contributed by atoms with Gasteiger partial charge in [-0.05, 0) is 12.1 Å². The fourth-order valence-electron chi connectivity index (χ4n) is 3.75. The molecule has 1 fully saturated rings. The van der Waals surface area contributed by atoms with Crippen molar-refractivity contribution in [3.63, 3.8) is 0 Å². The summed E-state index contributed by atoms with van der Waals surface area (Å²) in [5.74, 6) is 0.163. The first-order valence-corrected chi connectivity index (χ1v) is 10.2. The molecular weight excluding hydrogens is 378 g/mol. The number of piperazine rings is 1. The monoisotopic (exact) mass is 405 g/mol. The molecule has 0 unspecified atom stereocenters. The van der Waals surface area contributed by atoms with Gasteiger partial charge in [0.2, 0.25) is 5.91 Å². The van der Waals surface area contributed by atoms with E-state index in [0.717, 1.165) is 43.1 Å². The highest BCUT2D eigenvalue weighted by atomic mass is 16.2. The number of aromatic nitrogens is 3. The molecule has 1 aliphatic rings. The number of Topliss-reactive ketones (excluding diaryl/α,β-unsaturated/α-hetero) is 1. The average Bonchev–Trinajstić information content (AvgIpc) is 3.15. The van der Waals surface area contributed by atoms with Gasteiger partial charge >= 0.3 is 0 Å². The summed E-state index contributed by atoms with van der Waals surface area (Å²) in [5, 5.41) is 0. The first-order chi connectivity index (χ1) is 14.2. The van der Waals surface area contributed by atoms with Crippen LogP contribution in [0, 0.1) is 5.41 Å². The van der Waals surface area contributed by atoms with E-state index in [9.17, 15) is 9.59 Å². The number of benzene rings is 1. The van der Waals surface area contributed by atoms with Gasteiger partial charge in [-0.15, -0.1) is 0 Å². The number of rotatable bonds is 3. The Morgan fingerprint density at radius 2 is 1.83 bits per heavy atom. The van der Waals surface area contributed by atoms with Crippen LogP contribution in [0.15, 0.2) is 36.7 Å². The molecule has 156 valence electrons. The first-order valence-electron chi connectivity index (χ1n) is 10.2. The number of nitrogens with zero attached hydrogens (tertiary/aromatic N) is 4. The molecule has 0 saturated carbocycles. The maximum Gasteiger partial charge on any atom is 0.219 e. The van der Waals surface area contributed by atoms with Crippen LogP contribution in [0.25, 0.3) is 22.4 Å². The number of hydrogen-bond donors (Lipinski definition) is 1. The zero-order valence-corrected chi connectivity index (χ0v) is 17.9. The molecule has 30 heavy (non-hydrogen) atoms. The fourth-order valence-corrected chi connectivity index (χ4v) is 3.75. The number of H-pyrrole nitrogens is 1. The van der Waals surface area contributed by atoms with Gasteiger partial charge in [0, 0.05) is 56.0 Å². The number of carbonyl (C=O) groups is 2. The Kier molecular flexibility index (Phi) is 5.05. The summed E-state index contributed by atoms with van der Waals surface area (Å²) in [6, 6.07) is 8.18. The molecule has 3 aromatic rings. The Balaban J connectivity index is 1.64. The minimum Gasteiger partial charge on any atom is -0.368 e. The van der Waals surface area contributed by atoms with Crippen LogP contribution in [0.3, 0.4) is 0 Å². The van der Waals surface area contributed by atoms with Crippen molar-refractivity contribution in [2.24, 2.45) is 5.41 Å². The molecule has 0 spiro atoms. The third-order valence-electron chi connectivity index (χ3n) is 5.54. The highest BCUT2D eigenvalue weighted by Gasteiger charge is 2.26. The van der Waals surface area contributed by atoms with Gasteiger partial charge in [-0.3, -0.25) is 9.59 Å². The van der Waals surface area contributed by atoms with E-state index in [-0.39, 0.29) is 11.7 Å². The van der Waals surface area contributed by atoms with Crippen molar-refractivity contribution in [3.05, 3.63) is 42.2 Å². The molecule has 1 aromatic carbocycles. The van der Waals surface area contributed by atoms with Crippen molar-refractivity contribution in [2.75, 3.05) is 31.1 Å². The fraction of sp³-hybridized carbons (Fsp3) is 0.391. The number of amides is 1. The lowest BCUT2D eigenvalue weighted by atomic mass is 9.87. The first kappa shape index (κ1) is 20.1. The van der Waals surface area contributed by atoms with Crippen LogP contribution < -0.4 is 4.90 Å². The molecule has 1 aliphatic heterocycles. The number of aromatic amines is 1. The van der Waals surface area contributed by atoms with Crippen LogP contribution in [-0.2, 0) is 4.79 Å². The van der Waals surface area contributed by atoms with Crippen LogP contribution in [-0.4, -0.2) is 57.7 Å². The lowest BCUT2D eigenvalue weighted by molar-refractivity contribution is -0.129. The third kappa shape index (κ3) is 3.79. The molecule has 2 aromatic heterocycles. The maximum atomic E-state index is 12.8. The van der Waals surface area contributed by atoms with Crippen LogP contribution >= 0.6 is 0 Å². The molecule has 1 N–H and O–H groups in total. The van der Waals surface area contributed by atoms with Gasteiger partial charge in [-0.1, -0.05) is 32.9 Å². The van der Waals surface area contributed by atoms with E-state index >= 15 is 0 Å². The van der Waals surface area contributed by atoms with E-state index in [0.29, 0.717) is 16.7 Å². The molecular formula is C23H27N5O2. The number of fused-ring (bicyclic) bond motifs is 1. The van der Waals surface area contributed by atoms with Crippen molar-refractivity contribution >= 4 is 28.5 Å². The van der Waals surface area contributed by atoms with Crippen LogP contribution in [0.4, 0.5) is 5.69 Å². The van der Waals surface area contributed by atoms with E-state index in [1.165, 1.54) is 0 Å². The van der Waals surface area contributed by atoms with E-state index in [2.05, 4.69) is 27.0 Å². The van der Waals surface area contributed by atoms with Crippen molar-refractivity contribution in [1.29, 1.82) is 0 Å². The van der Waals surface area contributed by atoms with Gasteiger partial charge in [0.05, 0.1) is 17.5 Å². The van der Waals surface area contributed by atoms with Gasteiger partial charge in [0.15, 0.2) is 11.4 Å². The average molecular weight is 406 g/mol. The summed E-state index contributed by atoms with van der Waals surface area (Å²) in [7, 11) is 0. The van der Waals surface area contributed by atoms with Crippen LogP contribution in [0.1, 0.15) is 38.1 Å². The second-order valence-corrected chi connectivity index (χ2v) is 8.78. The standard InChI is InChI=1S/C23H27N5O2/c1-15(29)27-8-10-28(11-9-27)17-7-5-6-16(12-17)19-14-25-22-20(26-19)18(13-24-22)21(30)23(2,3)4/h5-7,12-14H,8-11H2,1-4H3,(H,24,25). The topological polar surface area (TPSA) is 82.2 Å². The predicted octanol–water partition coefficient (Wildman–Crippen LogP) is 3.52. The van der Waals surface area contributed by atoms with Gasteiger partial charge in [0.1, 0.15) is 5.52 Å². The van der Waals surface area contributed by atoms with Crippen LogP contribution in [0.5, 0.6) is 0 Å². The molecule has 1 amide bonds. The van der Waals surface area contributed by atoms with Gasteiger partial charge < -0.3 is 14.8 Å². The maximum absolute atomic E-state index is 12.8. The SMILES string of the molecule is CC(=O)N1CCN(c2cccc(-c3cnc4[nH]cc(C(=O)C(C)(C)C)c4n3)c2)CC1. The number of nitrogens with one attached hydrogen (secondary N) is 1. The largest absolute Gasteiger partial charge is 0.368 e. The Morgan fingerprint density at radius 1 is 1.10 bits per heavy atom. The second-order valence-electron chi connectivity index (χ2n) is 8.78. The Labute approximate surface area is 176 Å². The molecule has 4 rings (SSSR count). The summed E-state index contributed by atoms with van der Waals surface area (Å²) in [5.41, 5.74) is 4.08. The third-order valence-corrected chi connectivity index (χ3v) is 5.54. The van der Waals surface area contributed by atoms with Crippen molar-refractivity contribution in [3.8, 4) is 11.3 Å².